The Labute approximate surface area is 211 Å². The molecule has 0 N–H and O–H groups in total. The Bertz CT molecular complexity index is 1370. The Morgan fingerprint density at radius 3 is 2.63 bits per heavy atom. The minimum atomic E-state index is -0.332. The Morgan fingerprint density at radius 2 is 1.91 bits per heavy atom. The lowest BCUT2D eigenvalue weighted by molar-refractivity contribution is 0.0601. The van der Waals surface area contributed by atoms with Gasteiger partial charge in [-0.3, -0.25) is 0 Å². The van der Waals surface area contributed by atoms with E-state index in [4.69, 9.17) is 14.7 Å². The van der Waals surface area contributed by atoms with Crippen molar-refractivity contribution < 1.29 is 9.53 Å². The van der Waals surface area contributed by atoms with Crippen LogP contribution in [0.4, 0.5) is 0 Å². The van der Waals surface area contributed by atoms with Crippen molar-refractivity contribution in [3.05, 3.63) is 70.5 Å². The van der Waals surface area contributed by atoms with E-state index in [1.54, 1.807) is 11.3 Å². The molecule has 5 nitrogen and oxygen atoms in total. The number of methoxy groups -OCH3 is 1. The maximum absolute atomic E-state index is 12.2. The number of fused-ring (bicyclic) bond motifs is 1. The number of nitrogens with zero attached hydrogens (tertiary/aromatic N) is 3. The molecular weight excluding hydrogens is 454 g/mol. The van der Waals surface area contributed by atoms with Crippen molar-refractivity contribution in [2.45, 2.75) is 59.4 Å². The standard InChI is InChI=1S/C29H33N3O2S/c1-18-13-22(17-29(3,4)16-18)32-24-12-11-21(28(33)34-5)14-23(24)31-26(32)15-25-19(2)30-27(35-25)20-9-7-6-8-10-20/h6-12,14,18,22H,13,15-17H2,1-5H3/t18-,22?/m0/s1. The highest BCUT2D eigenvalue weighted by Crippen LogP contribution is 2.45. The number of benzene rings is 2. The van der Waals surface area contributed by atoms with Gasteiger partial charge in [0.05, 0.1) is 29.4 Å². The topological polar surface area (TPSA) is 57.0 Å². The molecule has 4 aromatic rings. The van der Waals surface area contributed by atoms with Crippen molar-refractivity contribution in [2.75, 3.05) is 7.11 Å². The van der Waals surface area contributed by atoms with Crippen LogP contribution in [0.5, 0.6) is 0 Å². The number of rotatable bonds is 5. The van der Waals surface area contributed by atoms with E-state index in [1.807, 2.05) is 24.3 Å². The number of hydrogen-bond donors (Lipinski definition) is 0. The van der Waals surface area contributed by atoms with Gasteiger partial charge >= 0.3 is 5.97 Å². The Kier molecular flexibility index (Phi) is 6.26. The normalized spacial score (nSPS) is 19.7. The van der Waals surface area contributed by atoms with E-state index >= 15 is 0 Å². The second-order valence-corrected chi connectivity index (χ2v) is 11.8. The van der Waals surface area contributed by atoms with Crippen LogP contribution in [-0.2, 0) is 11.2 Å². The van der Waals surface area contributed by atoms with Crippen LogP contribution in [0, 0.1) is 18.3 Å². The fourth-order valence-electron chi connectivity index (χ4n) is 5.86. The van der Waals surface area contributed by atoms with Crippen LogP contribution in [-0.4, -0.2) is 27.6 Å². The zero-order chi connectivity index (χ0) is 24.7. The molecule has 182 valence electrons. The van der Waals surface area contributed by atoms with Crippen LogP contribution in [0.1, 0.15) is 72.8 Å². The first-order chi connectivity index (χ1) is 16.7. The quantitative estimate of drug-likeness (QED) is 0.279. The fourth-order valence-corrected chi connectivity index (χ4v) is 6.92. The number of aryl methyl sites for hydroxylation is 1. The Morgan fingerprint density at radius 1 is 1.14 bits per heavy atom. The molecule has 0 radical (unpaired) electrons. The smallest absolute Gasteiger partial charge is 0.337 e. The summed E-state index contributed by atoms with van der Waals surface area (Å²) in [4.78, 5) is 23.4. The lowest BCUT2D eigenvalue weighted by Crippen LogP contribution is -2.30. The van der Waals surface area contributed by atoms with Gasteiger partial charge in [-0.05, 0) is 55.7 Å². The molecule has 1 fully saturated rings. The van der Waals surface area contributed by atoms with Crippen molar-refractivity contribution in [1.82, 2.24) is 14.5 Å². The number of esters is 1. The third-order valence-electron chi connectivity index (χ3n) is 7.14. The minimum Gasteiger partial charge on any atom is -0.465 e. The summed E-state index contributed by atoms with van der Waals surface area (Å²) in [5.74, 6) is 1.36. The van der Waals surface area contributed by atoms with E-state index in [-0.39, 0.29) is 11.4 Å². The summed E-state index contributed by atoms with van der Waals surface area (Å²) in [5.41, 5.74) is 4.96. The molecule has 6 heteroatoms. The molecular formula is C29H33N3O2S. The summed E-state index contributed by atoms with van der Waals surface area (Å²) in [6, 6.07) is 16.5. The second-order valence-electron chi connectivity index (χ2n) is 10.7. The molecule has 1 saturated carbocycles. The molecule has 1 aliphatic carbocycles. The summed E-state index contributed by atoms with van der Waals surface area (Å²) in [7, 11) is 1.42. The van der Waals surface area contributed by atoms with Crippen molar-refractivity contribution >= 4 is 28.3 Å². The summed E-state index contributed by atoms with van der Waals surface area (Å²) in [6.45, 7) is 9.21. The van der Waals surface area contributed by atoms with E-state index in [2.05, 4.69) is 56.5 Å². The van der Waals surface area contributed by atoms with Gasteiger partial charge in [-0.25, -0.2) is 14.8 Å². The van der Waals surface area contributed by atoms with Crippen molar-refractivity contribution in [1.29, 1.82) is 0 Å². The number of aromatic nitrogens is 3. The molecule has 0 amide bonds. The van der Waals surface area contributed by atoms with Gasteiger partial charge in [-0.15, -0.1) is 11.3 Å². The van der Waals surface area contributed by atoms with Crippen molar-refractivity contribution in [3.8, 4) is 10.6 Å². The highest BCUT2D eigenvalue weighted by Gasteiger charge is 2.34. The highest BCUT2D eigenvalue weighted by atomic mass is 32.1. The summed E-state index contributed by atoms with van der Waals surface area (Å²) >= 11 is 1.75. The van der Waals surface area contributed by atoms with Crippen LogP contribution in [0.3, 0.4) is 0 Å². The van der Waals surface area contributed by atoms with Gasteiger partial charge in [0.2, 0.25) is 0 Å². The molecule has 5 rings (SSSR count). The molecule has 2 aromatic carbocycles. The Hall–Kier alpha value is -2.99. The Balaban J connectivity index is 1.59. The average molecular weight is 488 g/mol. The number of ether oxygens (including phenoxy) is 1. The zero-order valence-electron chi connectivity index (χ0n) is 21.2. The molecule has 0 saturated heterocycles. The van der Waals surface area contributed by atoms with Crippen LogP contribution >= 0.6 is 11.3 Å². The van der Waals surface area contributed by atoms with Gasteiger partial charge in [0, 0.05) is 22.9 Å². The van der Waals surface area contributed by atoms with E-state index in [1.165, 1.54) is 18.4 Å². The zero-order valence-corrected chi connectivity index (χ0v) is 22.0. The minimum absolute atomic E-state index is 0.281. The molecule has 1 aliphatic rings. The lowest BCUT2D eigenvalue weighted by Gasteiger charge is -2.40. The number of thiazole rings is 1. The predicted molar refractivity (Wildman–Crippen MR) is 142 cm³/mol. The monoisotopic (exact) mass is 487 g/mol. The van der Waals surface area contributed by atoms with Crippen LogP contribution < -0.4 is 0 Å². The SMILES string of the molecule is COC(=O)c1ccc2c(c1)nc(Cc1sc(-c3ccccc3)nc1C)n2C1C[C@H](C)CC(C)(C)C1. The second kappa shape index (κ2) is 9.23. The average Bonchev–Trinajstić information content (AvgIpc) is 3.37. The van der Waals surface area contributed by atoms with Crippen LogP contribution in [0.2, 0.25) is 0 Å². The molecule has 2 aromatic heterocycles. The molecule has 2 atom stereocenters. The lowest BCUT2D eigenvalue weighted by atomic mass is 9.70. The van der Waals surface area contributed by atoms with Gasteiger partial charge in [-0.1, -0.05) is 51.1 Å². The number of hydrogen-bond acceptors (Lipinski definition) is 5. The van der Waals surface area contributed by atoms with Gasteiger partial charge in [0.25, 0.3) is 0 Å². The highest BCUT2D eigenvalue weighted by molar-refractivity contribution is 7.15. The molecule has 0 spiro atoms. The maximum Gasteiger partial charge on any atom is 0.337 e. The molecule has 0 aliphatic heterocycles. The molecule has 0 bridgehead atoms. The maximum atomic E-state index is 12.2. The van der Waals surface area contributed by atoms with E-state index in [0.717, 1.165) is 52.4 Å². The van der Waals surface area contributed by atoms with E-state index in [9.17, 15) is 4.79 Å². The molecule has 1 unspecified atom stereocenters. The first kappa shape index (κ1) is 23.7. The van der Waals surface area contributed by atoms with Crippen molar-refractivity contribution in [3.63, 3.8) is 0 Å². The number of imidazole rings is 1. The summed E-state index contributed by atoms with van der Waals surface area (Å²) in [6.07, 6.45) is 4.22. The predicted octanol–water partition coefficient (Wildman–Crippen LogP) is 7.23. The van der Waals surface area contributed by atoms with Gasteiger partial charge < -0.3 is 9.30 Å². The first-order valence-electron chi connectivity index (χ1n) is 12.3. The summed E-state index contributed by atoms with van der Waals surface area (Å²) < 4.78 is 7.41. The van der Waals surface area contributed by atoms with Crippen LogP contribution in [0.15, 0.2) is 48.5 Å². The van der Waals surface area contributed by atoms with E-state index in [0.29, 0.717) is 17.5 Å². The number of carbonyl (C=O) groups excluding carboxylic acids is 1. The van der Waals surface area contributed by atoms with Crippen LogP contribution in [0.25, 0.3) is 21.6 Å². The number of carbonyl (C=O) groups is 1. The van der Waals surface area contributed by atoms with Gasteiger partial charge in [0.15, 0.2) is 0 Å². The third kappa shape index (κ3) is 4.76. The largest absolute Gasteiger partial charge is 0.465 e. The molecule has 35 heavy (non-hydrogen) atoms. The fraction of sp³-hybridized carbons (Fsp3) is 0.414. The summed E-state index contributed by atoms with van der Waals surface area (Å²) in [5, 5.41) is 1.04. The van der Waals surface area contributed by atoms with Crippen molar-refractivity contribution in [2.24, 2.45) is 11.3 Å². The third-order valence-corrected chi connectivity index (χ3v) is 8.35. The van der Waals surface area contributed by atoms with E-state index < -0.39 is 0 Å². The van der Waals surface area contributed by atoms with Gasteiger partial charge in [-0.2, -0.15) is 0 Å². The first-order valence-corrected chi connectivity index (χ1v) is 13.2. The molecule has 2 heterocycles. The van der Waals surface area contributed by atoms with Gasteiger partial charge in [0.1, 0.15) is 10.8 Å².